The normalized spacial score (nSPS) is 15.4. The SMILES string of the molecule is O=C1CCCc2[nH]c3cc(F)c(F)c(F)c3c21. The van der Waals surface area contributed by atoms with Crippen LogP contribution in [0.5, 0.6) is 0 Å². The molecule has 2 nitrogen and oxygen atoms in total. The van der Waals surface area contributed by atoms with Crippen LogP contribution in [0.3, 0.4) is 0 Å². The molecule has 0 unspecified atom stereocenters. The Morgan fingerprint density at radius 2 is 1.88 bits per heavy atom. The van der Waals surface area contributed by atoms with Crippen molar-refractivity contribution in [3.8, 4) is 0 Å². The van der Waals surface area contributed by atoms with Crippen molar-refractivity contribution in [2.24, 2.45) is 0 Å². The number of aryl methyl sites for hydroxylation is 1. The Kier molecular flexibility index (Phi) is 2.05. The topological polar surface area (TPSA) is 32.9 Å². The summed E-state index contributed by atoms with van der Waals surface area (Å²) in [6.07, 6.45) is 1.59. The monoisotopic (exact) mass is 239 g/mol. The molecule has 0 aliphatic heterocycles. The summed E-state index contributed by atoms with van der Waals surface area (Å²) < 4.78 is 39.9. The van der Waals surface area contributed by atoms with E-state index in [1.165, 1.54) is 0 Å². The van der Waals surface area contributed by atoms with Crippen molar-refractivity contribution in [2.75, 3.05) is 0 Å². The zero-order valence-electron chi connectivity index (χ0n) is 8.74. The lowest BCUT2D eigenvalue weighted by atomic mass is 9.94. The highest BCUT2D eigenvalue weighted by Gasteiger charge is 2.27. The molecule has 1 aliphatic rings. The van der Waals surface area contributed by atoms with E-state index in [-0.39, 0.29) is 22.2 Å². The van der Waals surface area contributed by atoms with E-state index in [1.807, 2.05) is 0 Å². The molecule has 1 N–H and O–H groups in total. The molecule has 5 heteroatoms. The van der Waals surface area contributed by atoms with Crippen LogP contribution in [-0.2, 0) is 6.42 Å². The number of hydrogen-bond donors (Lipinski definition) is 1. The number of halogens is 3. The van der Waals surface area contributed by atoms with Crippen molar-refractivity contribution in [1.29, 1.82) is 0 Å². The van der Waals surface area contributed by atoms with Gasteiger partial charge >= 0.3 is 0 Å². The molecular formula is C12H8F3NO. The first-order valence-electron chi connectivity index (χ1n) is 5.31. The van der Waals surface area contributed by atoms with Crippen LogP contribution in [0.4, 0.5) is 13.2 Å². The van der Waals surface area contributed by atoms with E-state index in [1.54, 1.807) is 0 Å². The molecule has 0 spiro atoms. The van der Waals surface area contributed by atoms with Crippen LogP contribution in [-0.4, -0.2) is 10.8 Å². The minimum Gasteiger partial charge on any atom is -0.358 e. The van der Waals surface area contributed by atoms with Crippen molar-refractivity contribution in [2.45, 2.75) is 19.3 Å². The van der Waals surface area contributed by atoms with Crippen LogP contribution >= 0.6 is 0 Å². The number of ketones is 1. The second kappa shape index (κ2) is 3.35. The second-order valence-electron chi connectivity index (χ2n) is 4.16. The molecule has 2 aromatic rings. The second-order valence-corrected chi connectivity index (χ2v) is 4.16. The molecule has 0 bridgehead atoms. The first-order chi connectivity index (χ1) is 8.09. The van der Waals surface area contributed by atoms with E-state index in [2.05, 4.69) is 4.98 Å². The number of hydrogen-bond acceptors (Lipinski definition) is 1. The number of aromatic amines is 1. The number of aromatic nitrogens is 1. The molecular weight excluding hydrogens is 231 g/mol. The van der Waals surface area contributed by atoms with Crippen LogP contribution in [0, 0.1) is 17.5 Å². The van der Waals surface area contributed by atoms with Gasteiger partial charge in [0.2, 0.25) is 0 Å². The maximum Gasteiger partial charge on any atom is 0.195 e. The number of fused-ring (bicyclic) bond motifs is 3. The standard InChI is InChI=1S/C12H8F3NO/c13-5-4-7-10(12(15)11(5)14)9-6(16-7)2-1-3-8(9)17/h4,16H,1-3H2. The fraction of sp³-hybridized carbons (Fsp3) is 0.250. The Balaban J connectivity index is 2.45. The zero-order chi connectivity index (χ0) is 12.2. The molecule has 1 aromatic carbocycles. The summed E-state index contributed by atoms with van der Waals surface area (Å²) in [4.78, 5) is 14.5. The van der Waals surface area contributed by atoms with Gasteiger partial charge in [0.05, 0.1) is 5.52 Å². The smallest absolute Gasteiger partial charge is 0.195 e. The van der Waals surface area contributed by atoms with E-state index in [4.69, 9.17) is 0 Å². The predicted molar refractivity (Wildman–Crippen MR) is 55.4 cm³/mol. The summed E-state index contributed by atoms with van der Waals surface area (Å²) in [5.74, 6) is -4.28. The minimum atomic E-state index is -1.53. The predicted octanol–water partition coefficient (Wildman–Crippen LogP) is 3.10. The fourth-order valence-corrected chi connectivity index (χ4v) is 2.36. The van der Waals surface area contributed by atoms with Crippen molar-refractivity contribution in [3.63, 3.8) is 0 Å². The molecule has 1 aromatic heterocycles. The minimum absolute atomic E-state index is 0.122. The van der Waals surface area contributed by atoms with Gasteiger partial charge in [-0.3, -0.25) is 4.79 Å². The number of carbonyl (C=O) groups excluding carboxylic acids is 1. The van der Waals surface area contributed by atoms with E-state index in [9.17, 15) is 18.0 Å². The molecule has 1 heterocycles. The number of rotatable bonds is 0. The van der Waals surface area contributed by atoms with E-state index >= 15 is 0 Å². The molecule has 0 atom stereocenters. The molecule has 1 aliphatic carbocycles. The van der Waals surface area contributed by atoms with Gasteiger partial charge < -0.3 is 4.98 Å². The largest absolute Gasteiger partial charge is 0.358 e. The third-order valence-corrected chi connectivity index (χ3v) is 3.11. The molecule has 0 saturated heterocycles. The van der Waals surface area contributed by atoms with E-state index in [0.717, 1.165) is 6.07 Å². The van der Waals surface area contributed by atoms with Crippen molar-refractivity contribution in [1.82, 2.24) is 4.98 Å². The average Bonchev–Trinajstić information content (AvgIpc) is 2.65. The molecule has 88 valence electrons. The number of nitrogens with one attached hydrogen (secondary N) is 1. The Hall–Kier alpha value is -1.78. The molecule has 17 heavy (non-hydrogen) atoms. The van der Waals surface area contributed by atoms with Crippen LogP contribution in [0.2, 0.25) is 0 Å². The first-order valence-corrected chi connectivity index (χ1v) is 5.31. The molecule has 0 radical (unpaired) electrons. The highest BCUT2D eigenvalue weighted by molar-refractivity contribution is 6.10. The third kappa shape index (κ3) is 1.31. The number of benzene rings is 1. The lowest BCUT2D eigenvalue weighted by molar-refractivity contribution is 0.0974. The number of carbonyl (C=O) groups is 1. The van der Waals surface area contributed by atoms with E-state index < -0.39 is 17.5 Å². The van der Waals surface area contributed by atoms with Gasteiger partial charge in [0.1, 0.15) is 0 Å². The molecule has 3 rings (SSSR count). The molecule has 0 fully saturated rings. The van der Waals surface area contributed by atoms with Crippen LogP contribution in [0.1, 0.15) is 28.9 Å². The van der Waals surface area contributed by atoms with Gasteiger partial charge in [-0.15, -0.1) is 0 Å². The van der Waals surface area contributed by atoms with Gasteiger partial charge in [0, 0.05) is 29.1 Å². The van der Waals surface area contributed by atoms with Crippen LogP contribution < -0.4 is 0 Å². The lowest BCUT2D eigenvalue weighted by Gasteiger charge is -2.09. The quantitative estimate of drug-likeness (QED) is 0.704. The Morgan fingerprint density at radius 1 is 1.12 bits per heavy atom. The average molecular weight is 239 g/mol. The molecule has 0 saturated carbocycles. The number of Topliss-reactive ketones (excluding diaryl/α,β-unsaturated/α-hetero) is 1. The van der Waals surface area contributed by atoms with Crippen molar-refractivity contribution >= 4 is 16.7 Å². The molecule has 0 amide bonds. The Morgan fingerprint density at radius 3 is 2.65 bits per heavy atom. The zero-order valence-corrected chi connectivity index (χ0v) is 8.74. The maximum absolute atomic E-state index is 13.7. The highest BCUT2D eigenvalue weighted by Crippen LogP contribution is 2.32. The Bertz CT molecular complexity index is 645. The summed E-state index contributed by atoms with van der Waals surface area (Å²) in [6.45, 7) is 0. The summed E-state index contributed by atoms with van der Waals surface area (Å²) >= 11 is 0. The third-order valence-electron chi connectivity index (χ3n) is 3.11. The summed E-state index contributed by atoms with van der Waals surface area (Å²) in [5.41, 5.74) is 0.893. The van der Waals surface area contributed by atoms with Crippen LogP contribution in [0.15, 0.2) is 6.07 Å². The highest BCUT2D eigenvalue weighted by atomic mass is 19.2. The van der Waals surface area contributed by atoms with Gasteiger partial charge in [-0.25, -0.2) is 13.2 Å². The summed E-state index contributed by atoms with van der Waals surface area (Å²) in [7, 11) is 0. The number of H-pyrrole nitrogens is 1. The van der Waals surface area contributed by atoms with Gasteiger partial charge in [-0.05, 0) is 12.8 Å². The lowest BCUT2D eigenvalue weighted by Crippen LogP contribution is -2.09. The first kappa shape index (κ1) is 10.4. The maximum atomic E-state index is 13.7. The Labute approximate surface area is 94.4 Å². The van der Waals surface area contributed by atoms with Gasteiger partial charge in [-0.1, -0.05) is 0 Å². The van der Waals surface area contributed by atoms with Crippen molar-refractivity contribution in [3.05, 3.63) is 34.8 Å². The van der Waals surface area contributed by atoms with Gasteiger partial charge in [0.15, 0.2) is 23.2 Å². The van der Waals surface area contributed by atoms with E-state index in [0.29, 0.717) is 25.0 Å². The van der Waals surface area contributed by atoms with Gasteiger partial charge in [-0.2, -0.15) is 0 Å². The van der Waals surface area contributed by atoms with Crippen LogP contribution in [0.25, 0.3) is 10.9 Å². The van der Waals surface area contributed by atoms with Gasteiger partial charge in [0.25, 0.3) is 0 Å². The summed E-state index contributed by atoms with van der Waals surface area (Å²) in [6, 6.07) is 0.888. The fourth-order valence-electron chi connectivity index (χ4n) is 2.36. The summed E-state index contributed by atoms with van der Waals surface area (Å²) in [5, 5.41) is -0.122. The van der Waals surface area contributed by atoms with Crippen molar-refractivity contribution < 1.29 is 18.0 Å².